The molecule has 6 nitrogen and oxygen atoms in total. The van der Waals surface area contributed by atoms with E-state index in [1.54, 1.807) is 30.8 Å². The number of benzene rings is 1. The summed E-state index contributed by atoms with van der Waals surface area (Å²) in [5.74, 6) is -0.279. The van der Waals surface area contributed by atoms with Crippen LogP contribution >= 0.6 is 11.6 Å². The molecule has 160 valence electrons. The average Bonchev–Trinajstić information content (AvgIpc) is 3.22. The summed E-state index contributed by atoms with van der Waals surface area (Å²) >= 11 is 6.19. The highest BCUT2D eigenvalue weighted by Crippen LogP contribution is 2.30. The van der Waals surface area contributed by atoms with Crippen molar-refractivity contribution in [2.75, 3.05) is 5.32 Å². The van der Waals surface area contributed by atoms with Gasteiger partial charge < -0.3 is 5.32 Å². The van der Waals surface area contributed by atoms with Crippen LogP contribution in [0.15, 0.2) is 36.7 Å². The largest absolute Gasteiger partial charge is 0.416 e. The summed E-state index contributed by atoms with van der Waals surface area (Å²) in [5, 5.41) is 11.8. The fourth-order valence-corrected chi connectivity index (χ4v) is 3.31. The molecule has 1 N–H and O–H groups in total. The van der Waals surface area contributed by atoms with Gasteiger partial charge in [-0.2, -0.15) is 23.4 Å². The molecule has 0 aliphatic rings. The van der Waals surface area contributed by atoms with Gasteiger partial charge in [-0.05, 0) is 38.0 Å². The lowest BCUT2D eigenvalue weighted by molar-refractivity contribution is -0.137. The van der Waals surface area contributed by atoms with Gasteiger partial charge in [-0.15, -0.1) is 0 Å². The maximum Gasteiger partial charge on any atom is 0.416 e. The third kappa shape index (κ3) is 4.67. The van der Waals surface area contributed by atoms with Crippen molar-refractivity contribution < 1.29 is 18.0 Å². The number of aromatic nitrogens is 4. The first-order chi connectivity index (χ1) is 14.1. The number of rotatable bonds is 6. The maximum atomic E-state index is 12.9. The Morgan fingerprint density at radius 2 is 2.03 bits per heavy atom. The number of hydrogen-bond acceptors (Lipinski definition) is 3. The zero-order valence-corrected chi connectivity index (χ0v) is 17.4. The van der Waals surface area contributed by atoms with Crippen molar-refractivity contribution in [1.29, 1.82) is 0 Å². The predicted octanol–water partition coefficient (Wildman–Crippen LogP) is 5.01. The van der Waals surface area contributed by atoms with Crippen molar-refractivity contribution in [1.82, 2.24) is 19.6 Å². The van der Waals surface area contributed by atoms with E-state index in [9.17, 15) is 18.0 Å². The summed E-state index contributed by atoms with van der Waals surface area (Å²) in [5.41, 5.74) is 1.54. The number of nitrogens with one attached hydrogen (secondary N) is 1. The standard InChI is InChI=1S/C20H21ClF3N5O/c1-4-17(29-13(3)18(21)12(2)27-29)19(30)26-16-9-25-28(11-16)10-14-6-5-7-15(8-14)20(22,23)24/h5-9,11,17H,4,10H2,1-3H3,(H,26,30). The lowest BCUT2D eigenvalue weighted by atomic mass is 10.1. The van der Waals surface area contributed by atoms with Gasteiger partial charge in [-0.3, -0.25) is 14.2 Å². The van der Waals surface area contributed by atoms with Gasteiger partial charge in [0.15, 0.2) is 0 Å². The molecule has 0 bridgehead atoms. The van der Waals surface area contributed by atoms with E-state index in [2.05, 4.69) is 15.5 Å². The second kappa shape index (κ2) is 8.51. The molecule has 1 amide bonds. The molecular weight excluding hydrogens is 419 g/mol. The van der Waals surface area contributed by atoms with E-state index in [1.807, 2.05) is 6.92 Å². The van der Waals surface area contributed by atoms with Crippen molar-refractivity contribution in [3.63, 3.8) is 0 Å². The molecule has 1 atom stereocenters. The fourth-order valence-electron chi connectivity index (χ4n) is 3.19. The molecule has 0 fully saturated rings. The monoisotopic (exact) mass is 439 g/mol. The van der Waals surface area contributed by atoms with Crippen LogP contribution in [0.3, 0.4) is 0 Å². The van der Waals surface area contributed by atoms with Crippen molar-refractivity contribution in [2.45, 2.75) is 46.0 Å². The maximum absolute atomic E-state index is 12.9. The second-order valence-corrected chi connectivity index (χ2v) is 7.35. The minimum absolute atomic E-state index is 0.143. The molecular formula is C20H21ClF3N5O. The van der Waals surface area contributed by atoms with Crippen LogP contribution < -0.4 is 5.32 Å². The number of nitrogens with zero attached hydrogens (tertiary/aromatic N) is 4. The summed E-state index contributed by atoms with van der Waals surface area (Å²) < 4.78 is 41.7. The van der Waals surface area contributed by atoms with Crippen LogP contribution in [0.4, 0.5) is 18.9 Å². The highest BCUT2D eigenvalue weighted by Gasteiger charge is 2.30. The van der Waals surface area contributed by atoms with Gasteiger partial charge in [0.1, 0.15) is 6.04 Å². The number of aryl methyl sites for hydroxylation is 1. The third-order valence-corrected chi connectivity index (χ3v) is 5.27. The minimum Gasteiger partial charge on any atom is -0.322 e. The van der Waals surface area contributed by atoms with Crippen LogP contribution in [-0.4, -0.2) is 25.5 Å². The second-order valence-electron chi connectivity index (χ2n) is 6.97. The molecule has 30 heavy (non-hydrogen) atoms. The van der Waals surface area contributed by atoms with E-state index in [0.29, 0.717) is 34.1 Å². The number of halogens is 4. The van der Waals surface area contributed by atoms with E-state index in [4.69, 9.17) is 11.6 Å². The smallest absolute Gasteiger partial charge is 0.322 e. The quantitative estimate of drug-likeness (QED) is 0.587. The molecule has 10 heteroatoms. The van der Waals surface area contributed by atoms with Gasteiger partial charge in [0.2, 0.25) is 5.91 Å². The van der Waals surface area contributed by atoms with Crippen LogP contribution in [0.1, 0.15) is 41.9 Å². The van der Waals surface area contributed by atoms with Gasteiger partial charge >= 0.3 is 6.18 Å². The Kier molecular flexibility index (Phi) is 6.21. The van der Waals surface area contributed by atoms with Gasteiger partial charge in [0, 0.05) is 6.20 Å². The predicted molar refractivity (Wildman–Crippen MR) is 107 cm³/mol. The number of carbonyl (C=O) groups excluding carboxylic acids is 1. The summed E-state index contributed by atoms with van der Waals surface area (Å²) in [6.07, 6.45) is -0.881. The van der Waals surface area contributed by atoms with Gasteiger partial charge in [-0.25, -0.2) is 0 Å². The number of anilines is 1. The molecule has 2 heterocycles. The van der Waals surface area contributed by atoms with Crippen LogP contribution in [0.5, 0.6) is 0 Å². The number of amides is 1. The fraction of sp³-hybridized carbons (Fsp3) is 0.350. The molecule has 0 aliphatic heterocycles. The summed E-state index contributed by atoms with van der Waals surface area (Å²) in [7, 11) is 0. The van der Waals surface area contributed by atoms with Crippen LogP contribution in [0.2, 0.25) is 5.02 Å². The SMILES string of the molecule is CCC(C(=O)Nc1cnn(Cc2cccc(C(F)(F)F)c2)c1)n1nc(C)c(Cl)c1C. The number of hydrogen-bond donors (Lipinski definition) is 1. The van der Waals surface area contributed by atoms with E-state index in [0.717, 1.165) is 12.1 Å². The lowest BCUT2D eigenvalue weighted by Gasteiger charge is -2.16. The first-order valence-corrected chi connectivity index (χ1v) is 9.68. The van der Waals surface area contributed by atoms with Gasteiger partial charge in [0.05, 0.1) is 40.4 Å². The van der Waals surface area contributed by atoms with Crippen LogP contribution in [0.25, 0.3) is 0 Å². The molecule has 0 saturated heterocycles. The van der Waals surface area contributed by atoms with Crippen molar-refractivity contribution in [3.05, 3.63) is 64.2 Å². The third-order valence-electron chi connectivity index (χ3n) is 4.72. The summed E-state index contributed by atoms with van der Waals surface area (Å²) in [6, 6.07) is 4.50. The Morgan fingerprint density at radius 1 is 1.30 bits per heavy atom. The molecule has 3 aromatic rings. The first kappa shape index (κ1) is 21.9. The van der Waals surface area contributed by atoms with Gasteiger partial charge in [-0.1, -0.05) is 30.7 Å². The molecule has 0 saturated carbocycles. The molecule has 2 aromatic heterocycles. The summed E-state index contributed by atoms with van der Waals surface area (Å²) in [6.45, 7) is 5.58. The zero-order chi connectivity index (χ0) is 22.1. The van der Waals surface area contributed by atoms with E-state index in [-0.39, 0.29) is 12.5 Å². The van der Waals surface area contributed by atoms with Gasteiger partial charge in [0.25, 0.3) is 0 Å². The van der Waals surface area contributed by atoms with Crippen molar-refractivity contribution in [2.24, 2.45) is 0 Å². The molecule has 1 unspecified atom stereocenters. The van der Waals surface area contributed by atoms with E-state index < -0.39 is 17.8 Å². The van der Waals surface area contributed by atoms with Crippen LogP contribution in [0, 0.1) is 13.8 Å². The zero-order valence-electron chi connectivity index (χ0n) is 16.7. The molecule has 0 spiro atoms. The highest BCUT2D eigenvalue weighted by molar-refractivity contribution is 6.31. The van der Waals surface area contributed by atoms with Crippen molar-refractivity contribution in [3.8, 4) is 0 Å². The van der Waals surface area contributed by atoms with E-state index >= 15 is 0 Å². The van der Waals surface area contributed by atoms with Crippen LogP contribution in [-0.2, 0) is 17.5 Å². The summed E-state index contributed by atoms with van der Waals surface area (Å²) in [4.78, 5) is 12.8. The number of carbonyl (C=O) groups is 1. The lowest BCUT2D eigenvalue weighted by Crippen LogP contribution is -2.27. The Balaban J connectivity index is 1.72. The Morgan fingerprint density at radius 3 is 2.63 bits per heavy atom. The number of alkyl halides is 3. The van der Waals surface area contributed by atoms with E-state index in [1.165, 1.54) is 16.9 Å². The molecule has 0 radical (unpaired) electrons. The van der Waals surface area contributed by atoms with Crippen molar-refractivity contribution >= 4 is 23.2 Å². The Hall–Kier alpha value is -2.81. The minimum atomic E-state index is -4.40. The molecule has 1 aromatic carbocycles. The molecule has 0 aliphatic carbocycles. The topological polar surface area (TPSA) is 64.7 Å². The molecule has 3 rings (SSSR count). The Bertz CT molecular complexity index is 1060. The first-order valence-electron chi connectivity index (χ1n) is 9.30. The normalized spacial score (nSPS) is 12.8. The highest BCUT2D eigenvalue weighted by atomic mass is 35.5. The average molecular weight is 440 g/mol. The Labute approximate surface area is 176 Å².